The summed E-state index contributed by atoms with van der Waals surface area (Å²) in [7, 11) is 0. The van der Waals surface area contributed by atoms with E-state index in [2.05, 4.69) is 31.8 Å². The van der Waals surface area contributed by atoms with E-state index in [-0.39, 0.29) is 0 Å². The monoisotopic (exact) mass is 249 g/mol. The van der Waals surface area contributed by atoms with E-state index in [9.17, 15) is 0 Å². The Morgan fingerprint density at radius 3 is 2.00 bits per heavy atom. The van der Waals surface area contributed by atoms with Crippen LogP contribution in [0.15, 0.2) is 29.3 Å². The highest BCUT2D eigenvalue weighted by atomic mass is 14.7. The minimum Gasteiger partial charge on any atom is -0.261 e. The molecule has 0 aliphatic carbocycles. The first-order valence-electron chi connectivity index (χ1n) is 7.34. The van der Waals surface area contributed by atoms with Gasteiger partial charge in [-0.3, -0.25) is 4.99 Å². The molecule has 1 aliphatic rings. The zero-order valence-corrected chi connectivity index (χ0v) is 13.3. The highest BCUT2D eigenvalue weighted by Gasteiger charge is 2.01. The van der Waals surface area contributed by atoms with Crippen molar-refractivity contribution in [2.75, 3.05) is 0 Å². The molecule has 0 unspecified atom stereocenters. The summed E-state index contributed by atoms with van der Waals surface area (Å²) in [5.74, 6) is 0.884. The minimum absolute atomic E-state index is 0.884. The van der Waals surface area contributed by atoms with Gasteiger partial charge < -0.3 is 0 Å². The van der Waals surface area contributed by atoms with Crippen molar-refractivity contribution in [2.45, 2.75) is 61.3 Å². The van der Waals surface area contributed by atoms with Crippen LogP contribution in [0.3, 0.4) is 0 Å². The molecule has 0 saturated carbocycles. The van der Waals surface area contributed by atoms with Gasteiger partial charge in [0.1, 0.15) is 0 Å². The van der Waals surface area contributed by atoms with Crippen molar-refractivity contribution in [3.05, 3.63) is 29.8 Å². The van der Waals surface area contributed by atoms with E-state index in [4.69, 9.17) is 0 Å². The van der Waals surface area contributed by atoms with Crippen molar-refractivity contribution >= 4 is 11.9 Å². The molecule has 0 bridgehead atoms. The maximum Gasteiger partial charge on any atom is 0.0661 e. The molecule has 0 saturated heterocycles. The van der Waals surface area contributed by atoms with E-state index in [0.717, 1.165) is 18.0 Å². The van der Waals surface area contributed by atoms with Crippen LogP contribution < -0.4 is 0 Å². The number of aliphatic imine (C=N–C) groups is 1. The van der Waals surface area contributed by atoms with E-state index in [1.165, 1.54) is 12.0 Å². The number of benzene rings is 1. The molecule has 0 spiro atoms. The predicted octanol–water partition coefficient (Wildman–Crippen LogP) is 6.05. The van der Waals surface area contributed by atoms with Crippen molar-refractivity contribution in [2.24, 2.45) is 10.9 Å². The topological polar surface area (TPSA) is 12.4 Å². The van der Waals surface area contributed by atoms with Crippen molar-refractivity contribution < 1.29 is 0 Å². The largest absolute Gasteiger partial charge is 0.261 e. The van der Waals surface area contributed by atoms with Gasteiger partial charge in [0, 0.05) is 12.6 Å². The van der Waals surface area contributed by atoms with Gasteiger partial charge in [-0.25, -0.2) is 0 Å². The Balaban J connectivity index is 0. The van der Waals surface area contributed by atoms with E-state index in [1.54, 1.807) is 0 Å². The molecule has 104 valence electrons. The molecule has 1 heterocycles. The highest BCUT2D eigenvalue weighted by Crippen LogP contribution is 2.22. The van der Waals surface area contributed by atoms with Crippen LogP contribution in [-0.4, -0.2) is 6.21 Å². The minimum atomic E-state index is 0.884. The lowest BCUT2D eigenvalue weighted by Crippen LogP contribution is -1.77. The van der Waals surface area contributed by atoms with Crippen LogP contribution >= 0.6 is 0 Å². The second-order valence-corrected chi connectivity index (χ2v) is 3.95. The fourth-order valence-corrected chi connectivity index (χ4v) is 1.05. The van der Waals surface area contributed by atoms with Gasteiger partial charge in [-0.15, -0.1) is 0 Å². The van der Waals surface area contributed by atoms with E-state index < -0.39 is 0 Å². The molecular weight excluding hydrogens is 218 g/mol. The van der Waals surface area contributed by atoms with Crippen molar-refractivity contribution in [3.8, 4) is 0 Å². The summed E-state index contributed by atoms with van der Waals surface area (Å²) in [6, 6.07) is 8.22. The Kier molecular flexibility index (Phi) is 14.9. The standard InChI is InChI=1S/C8H7N.C5H12.2C2H6/c1-2-4-8-7(3-1)5-6-9-8;1-4-5(2)3;2*1-2/h1-4,6H,5H2;5H,4H2,1-3H3;2*1-2H3. The Hall–Kier alpha value is -1.11. The Bertz CT molecular complexity index is 300. The highest BCUT2D eigenvalue weighted by molar-refractivity contribution is 5.75. The second-order valence-electron chi connectivity index (χ2n) is 3.95. The summed E-state index contributed by atoms with van der Waals surface area (Å²) in [6.45, 7) is 14.6. The first-order chi connectivity index (χ1) is 8.74. The average molecular weight is 249 g/mol. The SMILES string of the molecule is C1=Nc2ccccc2C1.CC.CC.CCC(C)C. The molecule has 0 aromatic heterocycles. The Morgan fingerprint density at radius 1 is 1.06 bits per heavy atom. The van der Waals surface area contributed by atoms with Crippen molar-refractivity contribution in [3.63, 3.8) is 0 Å². The number of rotatable bonds is 1. The summed E-state index contributed by atoms with van der Waals surface area (Å²) in [5.41, 5.74) is 2.48. The second kappa shape index (κ2) is 14.0. The molecular formula is C17H31N. The van der Waals surface area contributed by atoms with E-state index >= 15 is 0 Å². The van der Waals surface area contributed by atoms with Gasteiger partial charge in [0.15, 0.2) is 0 Å². The zero-order valence-electron chi connectivity index (χ0n) is 13.3. The fourth-order valence-electron chi connectivity index (χ4n) is 1.05. The molecule has 2 rings (SSSR count). The summed E-state index contributed by atoms with van der Waals surface area (Å²) >= 11 is 0. The number of fused-ring (bicyclic) bond motifs is 1. The molecule has 1 nitrogen and oxygen atoms in total. The third-order valence-electron chi connectivity index (χ3n) is 2.35. The van der Waals surface area contributed by atoms with Crippen LogP contribution in [0.2, 0.25) is 0 Å². The molecule has 0 atom stereocenters. The predicted molar refractivity (Wildman–Crippen MR) is 86.1 cm³/mol. The Labute approximate surface area is 114 Å². The van der Waals surface area contributed by atoms with Crippen molar-refractivity contribution in [1.82, 2.24) is 0 Å². The summed E-state index contributed by atoms with van der Waals surface area (Å²) in [5, 5.41) is 0. The van der Waals surface area contributed by atoms with Gasteiger partial charge in [-0.1, -0.05) is 73.1 Å². The normalized spacial score (nSPS) is 10.2. The quantitative estimate of drug-likeness (QED) is 0.574. The number of para-hydroxylation sites is 1. The smallest absolute Gasteiger partial charge is 0.0661 e. The third-order valence-corrected chi connectivity index (χ3v) is 2.35. The molecule has 1 aromatic carbocycles. The lowest BCUT2D eigenvalue weighted by atomic mass is 10.2. The summed E-state index contributed by atoms with van der Waals surface area (Å²) in [4.78, 5) is 4.17. The third kappa shape index (κ3) is 8.98. The van der Waals surface area contributed by atoms with Crippen LogP contribution in [0.4, 0.5) is 5.69 Å². The van der Waals surface area contributed by atoms with E-state index in [1.807, 2.05) is 52.1 Å². The first-order valence-corrected chi connectivity index (χ1v) is 7.34. The Morgan fingerprint density at radius 2 is 1.56 bits per heavy atom. The summed E-state index contributed by atoms with van der Waals surface area (Å²) < 4.78 is 0. The average Bonchev–Trinajstić information content (AvgIpc) is 2.92. The zero-order chi connectivity index (χ0) is 14.4. The molecule has 0 N–H and O–H groups in total. The fraction of sp³-hybridized carbons (Fsp3) is 0.588. The maximum atomic E-state index is 4.17. The number of hydrogen-bond donors (Lipinski definition) is 0. The molecule has 1 aliphatic heterocycles. The molecule has 0 fully saturated rings. The molecule has 18 heavy (non-hydrogen) atoms. The van der Waals surface area contributed by atoms with Gasteiger partial charge in [0.05, 0.1) is 5.69 Å². The first kappa shape index (κ1) is 19.2. The van der Waals surface area contributed by atoms with Gasteiger partial charge >= 0.3 is 0 Å². The summed E-state index contributed by atoms with van der Waals surface area (Å²) in [6.07, 6.45) is 4.26. The number of nitrogens with zero attached hydrogens (tertiary/aromatic N) is 1. The molecule has 0 amide bonds. The molecule has 1 heteroatoms. The number of hydrogen-bond acceptors (Lipinski definition) is 1. The van der Waals surface area contributed by atoms with Crippen molar-refractivity contribution in [1.29, 1.82) is 0 Å². The van der Waals surface area contributed by atoms with Gasteiger partial charge in [-0.2, -0.15) is 0 Å². The maximum absolute atomic E-state index is 4.17. The van der Waals surface area contributed by atoms with Gasteiger partial charge in [0.25, 0.3) is 0 Å². The lowest BCUT2D eigenvalue weighted by molar-refractivity contribution is 0.626. The van der Waals surface area contributed by atoms with Crippen LogP contribution in [0.5, 0.6) is 0 Å². The van der Waals surface area contributed by atoms with Crippen LogP contribution in [0.1, 0.15) is 60.5 Å². The van der Waals surface area contributed by atoms with Gasteiger partial charge in [0.2, 0.25) is 0 Å². The van der Waals surface area contributed by atoms with Crippen LogP contribution in [0, 0.1) is 5.92 Å². The molecule has 1 aromatic rings. The lowest BCUT2D eigenvalue weighted by Gasteiger charge is -1.91. The van der Waals surface area contributed by atoms with Crippen LogP contribution in [0.25, 0.3) is 0 Å². The van der Waals surface area contributed by atoms with Crippen LogP contribution in [-0.2, 0) is 6.42 Å². The van der Waals surface area contributed by atoms with E-state index in [0.29, 0.717) is 0 Å². The van der Waals surface area contributed by atoms with Gasteiger partial charge in [-0.05, 0) is 17.5 Å². The molecule has 0 radical (unpaired) electrons.